The highest BCUT2D eigenvalue weighted by Gasteiger charge is 2.37. The number of H-pyrrole nitrogens is 1. The van der Waals surface area contributed by atoms with Gasteiger partial charge in [0, 0.05) is 42.5 Å². The molecule has 7 heterocycles. The molecule has 0 saturated carbocycles. The molecule has 3 aromatic heterocycles. The number of morpholine rings is 1. The summed E-state index contributed by atoms with van der Waals surface area (Å²) in [5.41, 5.74) is -0.125. The van der Waals surface area contributed by atoms with E-state index in [-0.39, 0.29) is 29.8 Å². The lowest BCUT2D eigenvalue weighted by Gasteiger charge is -2.45. The van der Waals surface area contributed by atoms with Crippen LogP contribution in [0.2, 0.25) is 0 Å². The number of piperidine rings is 2. The van der Waals surface area contributed by atoms with Gasteiger partial charge in [0.1, 0.15) is 17.0 Å². The molecule has 3 aromatic rings. The number of alkyl halides is 3. The molecule has 0 spiro atoms. The number of nitrogens with one attached hydrogen (secondary N) is 3. The second kappa shape index (κ2) is 8.38. The summed E-state index contributed by atoms with van der Waals surface area (Å²) < 4.78 is 47.4. The van der Waals surface area contributed by atoms with Crippen LogP contribution in [0.5, 0.6) is 0 Å². The lowest BCUT2D eigenvalue weighted by Crippen LogP contribution is -2.54. The summed E-state index contributed by atoms with van der Waals surface area (Å²) in [6, 6.07) is 4.06. The largest absolute Gasteiger partial charge is 0.419 e. The zero-order chi connectivity index (χ0) is 23.3. The van der Waals surface area contributed by atoms with Crippen molar-refractivity contribution in [3.8, 4) is 11.3 Å². The van der Waals surface area contributed by atoms with E-state index in [0.29, 0.717) is 23.2 Å². The molecule has 2 unspecified atom stereocenters. The summed E-state index contributed by atoms with van der Waals surface area (Å²) in [5.74, 6) is 1.00. The number of nitrogens with zero attached hydrogens (tertiary/aromatic N) is 4. The highest BCUT2D eigenvalue weighted by atomic mass is 19.4. The molecule has 4 saturated heterocycles. The predicted molar refractivity (Wildman–Crippen MR) is 122 cm³/mol. The van der Waals surface area contributed by atoms with Gasteiger partial charge in [-0.15, -0.1) is 0 Å². The van der Waals surface area contributed by atoms with E-state index in [4.69, 9.17) is 9.72 Å². The molecule has 7 rings (SSSR count). The number of hydrogen-bond donors (Lipinski definition) is 3. The first-order valence-electron chi connectivity index (χ1n) is 11.7. The van der Waals surface area contributed by atoms with Crippen LogP contribution in [-0.2, 0) is 10.9 Å². The Morgan fingerprint density at radius 3 is 2.76 bits per heavy atom. The molecule has 2 bridgehead atoms. The van der Waals surface area contributed by atoms with Gasteiger partial charge in [-0.25, -0.2) is 15.0 Å². The zero-order valence-electron chi connectivity index (χ0n) is 18.5. The van der Waals surface area contributed by atoms with E-state index >= 15 is 0 Å². The fourth-order valence-corrected chi connectivity index (χ4v) is 5.20. The second-order valence-corrected chi connectivity index (χ2v) is 9.25. The van der Waals surface area contributed by atoms with Crippen LogP contribution >= 0.6 is 0 Å². The van der Waals surface area contributed by atoms with Gasteiger partial charge in [-0.1, -0.05) is 0 Å². The van der Waals surface area contributed by atoms with Crippen molar-refractivity contribution in [3.63, 3.8) is 0 Å². The normalized spacial score (nSPS) is 25.1. The van der Waals surface area contributed by atoms with Gasteiger partial charge in [0.25, 0.3) is 0 Å². The Morgan fingerprint density at radius 2 is 2.06 bits per heavy atom. The number of pyridine rings is 1. The zero-order valence-corrected chi connectivity index (χ0v) is 18.5. The number of hydrogen-bond acceptors (Lipinski definition) is 7. The summed E-state index contributed by atoms with van der Waals surface area (Å²) in [5, 5.41) is 7.05. The lowest BCUT2D eigenvalue weighted by atomic mass is 9.97. The summed E-state index contributed by atoms with van der Waals surface area (Å²) >= 11 is 0. The summed E-state index contributed by atoms with van der Waals surface area (Å²) in [7, 11) is 0. The monoisotopic (exact) mass is 473 g/mol. The van der Waals surface area contributed by atoms with Crippen LogP contribution in [0.3, 0.4) is 0 Å². The number of halogens is 3. The first-order chi connectivity index (χ1) is 16.5. The van der Waals surface area contributed by atoms with Crippen molar-refractivity contribution < 1.29 is 17.9 Å². The van der Waals surface area contributed by atoms with Gasteiger partial charge in [-0.2, -0.15) is 13.2 Å². The lowest BCUT2D eigenvalue weighted by molar-refractivity contribution is -0.137. The third-order valence-corrected chi connectivity index (χ3v) is 6.98. The number of aromatic amines is 1. The molecular weight excluding hydrogens is 447 g/mol. The Balaban J connectivity index is 1.36. The highest BCUT2D eigenvalue weighted by molar-refractivity contribution is 5.94. The molecule has 11 heteroatoms. The maximum absolute atomic E-state index is 13.9. The van der Waals surface area contributed by atoms with Gasteiger partial charge < -0.3 is 25.3 Å². The Bertz CT molecular complexity index is 1180. The van der Waals surface area contributed by atoms with E-state index in [0.717, 1.165) is 57.3 Å². The van der Waals surface area contributed by atoms with Crippen molar-refractivity contribution in [1.29, 1.82) is 0 Å². The number of aromatic nitrogens is 4. The summed E-state index contributed by atoms with van der Waals surface area (Å²) in [6.45, 7) is 3.13. The van der Waals surface area contributed by atoms with Crippen LogP contribution in [0.1, 0.15) is 31.2 Å². The minimum Gasteiger partial charge on any atom is -0.374 e. The third-order valence-electron chi connectivity index (χ3n) is 6.98. The van der Waals surface area contributed by atoms with E-state index in [1.165, 1.54) is 0 Å². The van der Waals surface area contributed by atoms with Gasteiger partial charge >= 0.3 is 6.18 Å². The average molecular weight is 474 g/mol. The van der Waals surface area contributed by atoms with Crippen LogP contribution in [0, 0.1) is 0 Å². The molecule has 34 heavy (non-hydrogen) atoms. The minimum atomic E-state index is -4.58. The van der Waals surface area contributed by atoms with Crippen LogP contribution in [0.15, 0.2) is 24.5 Å². The van der Waals surface area contributed by atoms with Gasteiger partial charge in [0.2, 0.25) is 5.95 Å². The molecule has 0 radical (unpaired) electrons. The first kappa shape index (κ1) is 21.6. The van der Waals surface area contributed by atoms with Crippen molar-refractivity contribution in [2.45, 2.75) is 50.0 Å². The summed E-state index contributed by atoms with van der Waals surface area (Å²) in [4.78, 5) is 18.3. The highest BCUT2D eigenvalue weighted by Crippen LogP contribution is 2.39. The topological polar surface area (TPSA) is 91.0 Å². The maximum Gasteiger partial charge on any atom is 0.419 e. The number of anilines is 2. The number of rotatable bonds is 4. The standard InChI is InChI=1S/C23H26F3N7O/c24-23(25,26)18-10-29-22(30-13-2-1-7-27-8-13)32-20(18)17-9-28-21-16(17)5-6-19(31-21)33-11-15-4-3-14(33)12-34-15/h5-6,9-10,13-15,27H,1-4,7-8,11-12H2,(H,28,31)(H,29,30,32)/t13-,14?,15?/m0/s1. The van der Waals surface area contributed by atoms with E-state index < -0.39 is 11.7 Å². The minimum absolute atomic E-state index is 0.0781. The van der Waals surface area contributed by atoms with Crippen molar-refractivity contribution in [3.05, 3.63) is 30.1 Å². The molecule has 8 nitrogen and oxygen atoms in total. The van der Waals surface area contributed by atoms with Crippen LogP contribution in [0.4, 0.5) is 24.9 Å². The number of ether oxygens (including phenoxy) is 1. The molecule has 180 valence electrons. The SMILES string of the molecule is FC(F)(F)c1cnc(N[C@H]2CCCNC2)nc1-c1c[nH]c2nc(N3CC4CCC3CO4)ccc12. The van der Waals surface area contributed by atoms with Crippen molar-refractivity contribution in [1.82, 2.24) is 25.3 Å². The molecule has 0 amide bonds. The Hall–Kier alpha value is -2.92. The van der Waals surface area contributed by atoms with Crippen molar-refractivity contribution in [2.24, 2.45) is 0 Å². The van der Waals surface area contributed by atoms with E-state index in [2.05, 4.69) is 30.5 Å². The van der Waals surface area contributed by atoms with E-state index in [1.807, 2.05) is 12.1 Å². The smallest absolute Gasteiger partial charge is 0.374 e. The Kier molecular flexibility index (Phi) is 5.33. The van der Waals surface area contributed by atoms with E-state index in [9.17, 15) is 13.2 Å². The quantitative estimate of drug-likeness (QED) is 0.534. The van der Waals surface area contributed by atoms with Gasteiger partial charge in [-0.05, 0) is 44.4 Å². The average Bonchev–Trinajstić information content (AvgIpc) is 3.28. The van der Waals surface area contributed by atoms with Gasteiger partial charge in [0.05, 0.1) is 24.4 Å². The molecular formula is C23H26F3N7O. The second-order valence-electron chi connectivity index (χ2n) is 9.25. The fraction of sp³-hybridized carbons (Fsp3) is 0.522. The van der Waals surface area contributed by atoms with Crippen LogP contribution in [0.25, 0.3) is 22.3 Å². The molecule has 4 aliphatic rings. The molecule has 0 aliphatic carbocycles. The third kappa shape index (κ3) is 3.96. The maximum atomic E-state index is 13.9. The Labute approximate surface area is 194 Å². The number of fused-ring (bicyclic) bond motifs is 4. The fourth-order valence-electron chi connectivity index (χ4n) is 5.20. The first-order valence-corrected chi connectivity index (χ1v) is 11.7. The Morgan fingerprint density at radius 1 is 1.15 bits per heavy atom. The van der Waals surface area contributed by atoms with Crippen LogP contribution < -0.4 is 15.5 Å². The van der Waals surface area contributed by atoms with Crippen molar-refractivity contribution in [2.75, 3.05) is 36.5 Å². The molecule has 0 aromatic carbocycles. The predicted octanol–water partition coefficient (Wildman–Crippen LogP) is 3.57. The van der Waals surface area contributed by atoms with Crippen molar-refractivity contribution >= 4 is 22.8 Å². The van der Waals surface area contributed by atoms with Gasteiger partial charge in [0.15, 0.2) is 0 Å². The van der Waals surface area contributed by atoms with E-state index in [1.54, 1.807) is 6.20 Å². The van der Waals surface area contributed by atoms with Crippen LogP contribution in [-0.4, -0.2) is 64.4 Å². The molecule has 4 fully saturated rings. The molecule has 3 atom stereocenters. The molecule has 3 N–H and O–H groups in total. The summed E-state index contributed by atoms with van der Waals surface area (Å²) in [6.07, 6.45) is 2.07. The molecule has 4 aliphatic heterocycles. The van der Waals surface area contributed by atoms with Gasteiger partial charge in [-0.3, -0.25) is 0 Å².